The third kappa shape index (κ3) is 3.09. The van der Waals surface area contributed by atoms with Crippen LogP contribution in [0.25, 0.3) is 0 Å². The second-order valence-electron chi connectivity index (χ2n) is 6.59. The standard InChI is InChI=1S/C18H20N4O3/c1-12-8-19-22(9-12)14-3-2-6-21(10-14)18(24)13-4-5-16-15(7-13)20-17(23)11-25-16/h4-5,7-9,14H,2-3,6,10-11H2,1H3,(H,20,23)/t14-/m0/s1. The number of amides is 2. The van der Waals surface area contributed by atoms with E-state index in [1.165, 1.54) is 0 Å². The predicted octanol–water partition coefficient (Wildman–Crippen LogP) is 2.00. The van der Waals surface area contributed by atoms with Gasteiger partial charge in [0, 0.05) is 24.8 Å². The lowest BCUT2D eigenvalue weighted by Crippen LogP contribution is -2.41. The number of carbonyl (C=O) groups excluding carboxylic acids is 2. The first-order chi connectivity index (χ1) is 12.1. The van der Waals surface area contributed by atoms with Crippen LogP contribution in [-0.4, -0.2) is 46.2 Å². The lowest BCUT2D eigenvalue weighted by atomic mass is 10.0. The number of aromatic nitrogens is 2. The van der Waals surface area contributed by atoms with Crippen LogP contribution < -0.4 is 10.1 Å². The molecule has 7 heteroatoms. The molecule has 1 aromatic carbocycles. The Morgan fingerprint density at radius 3 is 3.08 bits per heavy atom. The zero-order valence-electron chi connectivity index (χ0n) is 14.1. The molecule has 25 heavy (non-hydrogen) atoms. The molecule has 130 valence electrons. The maximum Gasteiger partial charge on any atom is 0.262 e. The SMILES string of the molecule is Cc1cnn([C@H]2CCCN(C(=O)c3ccc4c(c3)NC(=O)CO4)C2)c1. The smallest absolute Gasteiger partial charge is 0.262 e. The molecule has 1 aromatic heterocycles. The molecule has 2 aliphatic heterocycles. The van der Waals surface area contributed by atoms with E-state index in [0.717, 1.165) is 24.9 Å². The second-order valence-corrected chi connectivity index (χ2v) is 6.59. The molecular weight excluding hydrogens is 320 g/mol. The van der Waals surface area contributed by atoms with Crippen LogP contribution in [0.4, 0.5) is 5.69 Å². The van der Waals surface area contributed by atoms with Crippen molar-refractivity contribution in [2.45, 2.75) is 25.8 Å². The number of ether oxygens (including phenoxy) is 1. The van der Waals surface area contributed by atoms with Crippen LogP contribution in [0.1, 0.15) is 34.8 Å². The molecule has 1 N–H and O–H groups in total. The second kappa shape index (κ2) is 6.23. The molecular formula is C18H20N4O3. The molecule has 7 nitrogen and oxygen atoms in total. The van der Waals surface area contributed by atoms with E-state index in [9.17, 15) is 9.59 Å². The Kier molecular flexibility index (Phi) is 3.91. The number of fused-ring (bicyclic) bond motifs is 1. The van der Waals surface area contributed by atoms with E-state index < -0.39 is 0 Å². The highest BCUT2D eigenvalue weighted by Gasteiger charge is 2.27. The van der Waals surface area contributed by atoms with Crippen LogP contribution in [0.15, 0.2) is 30.6 Å². The summed E-state index contributed by atoms with van der Waals surface area (Å²) in [5, 5.41) is 7.13. The summed E-state index contributed by atoms with van der Waals surface area (Å²) in [4.78, 5) is 26.2. The van der Waals surface area contributed by atoms with Crippen LogP contribution in [-0.2, 0) is 4.79 Å². The highest BCUT2D eigenvalue weighted by Crippen LogP contribution is 2.30. The van der Waals surface area contributed by atoms with E-state index in [0.29, 0.717) is 23.5 Å². The molecule has 0 saturated carbocycles. The Labute approximate surface area is 145 Å². The van der Waals surface area contributed by atoms with Crippen LogP contribution in [0, 0.1) is 6.92 Å². The largest absolute Gasteiger partial charge is 0.482 e. The van der Waals surface area contributed by atoms with Crippen molar-refractivity contribution in [1.29, 1.82) is 0 Å². The number of piperidine rings is 1. The molecule has 1 atom stereocenters. The van der Waals surface area contributed by atoms with Crippen molar-refractivity contribution >= 4 is 17.5 Å². The van der Waals surface area contributed by atoms with Gasteiger partial charge in [-0.1, -0.05) is 0 Å². The third-order valence-electron chi connectivity index (χ3n) is 4.65. The summed E-state index contributed by atoms with van der Waals surface area (Å²) >= 11 is 0. The summed E-state index contributed by atoms with van der Waals surface area (Å²) in [5.41, 5.74) is 2.23. The minimum Gasteiger partial charge on any atom is -0.482 e. The summed E-state index contributed by atoms with van der Waals surface area (Å²) in [6, 6.07) is 5.38. The molecule has 0 spiro atoms. The number of likely N-dealkylation sites (tertiary alicyclic amines) is 1. The van der Waals surface area contributed by atoms with Gasteiger partial charge in [-0.25, -0.2) is 0 Å². The number of aryl methyl sites for hydroxylation is 1. The van der Waals surface area contributed by atoms with Crippen LogP contribution in [0.3, 0.4) is 0 Å². The lowest BCUT2D eigenvalue weighted by Gasteiger charge is -2.33. The summed E-state index contributed by atoms with van der Waals surface area (Å²) < 4.78 is 7.30. The number of hydrogen-bond donors (Lipinski definition) is 1. The van der Waals surface area contributed by atoms with Gasteiger partial charge in [0.05, 0.1) is 17.9 Å². The average molecular weight is 340 g/mol. The Morgan fingerprint density at radius 2 is 2.28 bits per heavy atom. The molecule has 0 unspecified atom stereocenters. The minimum absolute atomic E-state index is 0.0113. The first-order valence-corrected chi connectivity index (χ1v) is 8.47. The quantitative estimate of drug-likeness (QED) is 0.907. The number of anilines is 1. The molecule has 0 bridgehead atoms. The van der Waals surface area contributed by atoms with Crippen molar-refractivity contribution < 1.29 is 14.3 Å². The highest BCUT2D eigenvalue weighted by molar-refractivity contribution is 5.99. The van der Waals surface area contributed by atoms with Gasteiger partial charge in [-0.2, -0.15) is 5.10 Å². The normalized spacial score (nSPS) is 19.8. The molecule has 2 aliphatic rings. The number of nitrogens with zero attached hydrogens (tertiary/aromatic N) is 3. The maximum atomic E-state index is 12.9. The fraction of sp³-hybridized carbons (Fsp3) is 0.389. The van der Waals surface area contributed by atoms with Crippen LogP contribution >= 0.6 is 0 Å². The number of carbonyl (C=O) groups is 2. The average Bonchev–Trinajstić information content (AvgIpc) is 3.07. The molecule has 3 heterocycles. The summed E-state index contributed by atoms with van der Waals surface area (Å²) in [5.74, 6) is 0.361. The topological polar surface area (TPSA) is 76.5 Å². The van der Waals surface area contributed by atoms with E-state index in [1.54, 1.807) is 18.2 Å². The van der Waals surface area contributed by atoms with Crippen molar-refractivity contribution in [3.8, 4) is 5.75 Å². The summed E-state index contributed by atoms with van der Waals surface area (Å²) in [6.07, 6.45) is 5.82. The van der Waals surface area contributed by atoms with Crippen molar-refractivity contribution in [2.24, 2.45) is 0 Å². The zero-order chi connectivity index (χ0) is 17.4. The predicted molar refractivity (Wildman–Crippen MR) is 91.7 cm³/mol. The van der Waals surface area contributed by atoms with Gasteiger partial charge in [0.1, 0.15) is 5.75 Å². The van der Waals surface area contributed by atoms with Crippen molar-refractivity contribution in [3.63, 3.8) is 0 Å². The summed E-state index contributed by atoms with van der Waals surface area (Å²) in [6.45, 7) is 3.39. The van der Waals surface area contributed by atoms with Crippen LogP contribution in [0.2, 0.25) is 0 Å². The maximum absolute atomic E-state index is 12.9. The first kappa shape index (κ1) is 15.7. The van der Waals surface area contributed by atoms with E-state index in [4.69, 9.17) is 4.74 Å². The monoisotopic (exact) mass is 340 g/mol. The molecule has 2 aromatic rings. The third-order valence-corrected chi connectivity index (χ3v) is 4.65. The van der Waals surface area contributed by atoms with Gasteiger partial charge in [0.15, 0.2) is 6.61 Å². The van der Waals surface area contributed by atoms with Gasteiger partial charge >= 0.3 is 0 Å². The van der Waals surface area contributed by atoms with Gasteiger partial charge in [-0.3, -0.25) is 14.3 Å². The Balaban J connectivity index is 1.52. The van der Waals surface area contributed by atoms with E-state index in [1.807, 2.05) is 28.9 Å². The lowest BCUT2D eigenvalue weighted by molar-refractivity contribution is -0.118. The first-order valence-electron chi connectivity index (χ1n) is 8.47. The van der Waals surface area contributed by atoms with Crippen molar-refractivity contribution in [3.05, 3.63) is 41.7 Å². The van der Waals surface area contributed by atoms with Crippen molar-refractivity contribution in [1.82, 2.24) is 14.7 Å². The summed E-state index contributed by atoms with van der Waals surface area (Å²) in [7, 11) is 0. The molecule has 1 fully saturated rings. The van der Waals surface area contributed by atoms with Crippen LogP contribution in [0.5, 0.6) is 5.75 Å². The van der Waals surface area contributed by atoms with Gasteiger partial charge in [-0.05, 0) is 43.5 Å². The molecule has 0 radical (unpaired) electrons. The molecule has 4 rings (SSSR count). The number of rotatable bonds is 2. The Bertz CT molecular complexity index is 829. The molecule has 0 aliphatic carbocycles. The highest BCUT2D eigenvalue weighted by atomic mass is 16.5. The van der Waals surface area contributed by atoms with E-state index in [-0.39, 0.29) is 24.5 Å². The Morgan fingerprint density at radius 1 is 1.40 bits per heavy atom. The number of nitrogens with one attached hydrogen (secondary N) is 1. The van der Waals surface area contributed by atoms with E-state index >= 15 is 0 Å². The molecule has 1 saturated heterocycles. The zero-order valence-corrected chi connectivity index (χ0v) is 14.1. The van der Waals surface area contributed by atoms with Crippen molar-refractivity contribution in [2.75, 3.05) is 25.0 Å². The fourth-order valence-corrected chi connectivity index (χ4v) is 3.39. The fourth-order valence-electron chi connectivity index (χ4n) is 3.39. The number of hydrogen-bond acceptors (Lipinski definition) is 4. The number of benzene rings is 1. The van der Waals surface area contributed by atoms with E-state index in [2.05, 4.69) is 10.4 Å². The molecule has 2 amide bonds. The minimum atomic E-state index is -0.204. The van der Waals surface area contributed by atoms with Gasteiger partial charge in [-0.15, -0.1) is 0 Å². The van der Waals surface area contributed by atoms with Gasteiger partial charge in [0.25, 0.3) is 11.8 Å². The Hall–Kier alpha value is -2.83. The van der Waals surface area contributed by atoms with Gasteiger partial charge < -0.3 is 15.0 Å². The van der Waals surface area contributed by atoms with Gasteiger partial charge in [0.2, 0.25) is 0 Å².